The van der Waals surface area contributed by atoms with Crippen molar-refractivity contribution in [3.05, 3.63) is 77.5 Å². The number of nitrogens with zero attached hydrogens (tertiary/aromatic N) is 1. The first-order chi connectivity index (χ1) is 14.1. The number of fused-ring (bicyclic) bond motifs is 1. The SMILES string of the molecule is O=C(O)c1cccc(CCC[C@H]2CCC(=O)C2Cc2cccc3cccnc23)c1. The number of carboxylic acids is 1. The smallest absolute Gasteiger partial charge is 0.335 e. The molecule has 0 radical (unpaired) electrons. The summed E-state index contributed by atoms with van der Waals surface area (Å²) in [5, 5.41) is 10.3. The van der Waals surface area contributed by atoms with Crippen LogP contribution in [0.25, 0.3) is 10.9 Å². The Labute approximate surface area is 170 Å². The fourth-order valence-electron chi connectivity index (χ4n) is 4.60. The summed E-state index contributed by atoms with van der Waals surface area (Å²) < 4.78 is 0. The molecule has 0 saturated heterocycles. The zero-order valence-electron chi connectivity index (χ0n) is 16.4. The molecule has 0 aliphatic heterocycles. The molecule has 0 bridgehead atoms. The molecule has 2 aromatic carbocycles. The molecule has 4 heteroatoms. The predicted octanol–water partition coefficient (Wildman–Crippen LogP) is 5.09. The molecular formula is C25H25NO3. The molecule has 4 rings (SSSR count). The van der Waals surface area contributed by atoms with Gasteiger partial charge in [0.1, 0.15) is 5.78 Å². The fourth-order valence-corrected chi connectivity index (χ4v) is 4.60. The van der Waals surface area contributed by atoms with Crippen molar-refractivity contribution in [3.8, 4) is 0 Å². The highest BCUT2D eigenvalue weighted by atomic mass is 16.4. The molecule has 3 aromatic rings. The van der Waals surface area contributed by atoms with Gasteiger partial charge in [-0.25, -0.2) is 4.79 Å². The lowest BCUT2D eigenvalue weighted by atomic mass is 9.85. The normalized spacial score (nSPS) is 19.0. The van der Waals surface area contributed by atoms with Gasteiger partial charge in [-0.15, -0.1) is 0 Å². The van der Waals surface area contributed by atoms with Crippen LogP contribution in [0.5, 0.6) is 0 Å². The molecule has 1 saturated carbocycles. The monoisotopic (exact) mass is 387 g/mol. The number of Topliss-reactive ketones (excluding diaryl/α,β-unsaturated/α-hetero) is 1. The van der Waals surface area contributed by atoms with Crippen LogP contribution in [0.15, 0.2) is 60.8 Å². The largest absolute Gasteiger partial charge is 0.478 e. The zero-order chi connectivity index (χ0) is 20.2. The Kier molecular flexibility index (Phi) is 5.70. The van der Waals surface area contributed by atoms with E-state index in [1.54, 1.807) is 18.2 Å². The van der Waals surface area contributed by atoms with E-state index in [4.69, 9.17) is 5.11 Å². The van der Waals surface area contributed by atoms with Crippen molar-refractivity contribution in [2.24, 2.45) is 11.8 Å². The third-order valence-corrected chi connectivity index (χ3v) is 6.11. The number of aromatic carboxylic acids is 1. The van der Waals surface area contributed by atoms with Crippen molar-refractivity contribution in [3.63, 3.8) is 0 Å². The topological polar surface area (TPSA) is 67.3 Å². The van der Waals surface area contributed by atoms with Crippen LogP contribution in [0.1, 0.15) is 47.2 Å². The number of ketones is 1. The number of carboxylic acid groups (broad SMARTS) is 1. The predicted molar refractivity (Wildman–Crippen MR) is 113 cm³/mol. The number of benzene rings is 2. The number of carbonyl (C=O) groups is 2. The van der Waals surface area contributed by atoms with E-state index in [1.165, 1.54) is 0 Å². The first-order valence-corrected chi connectivity index (χ1v) is 10.3. The van der Waals surface area contributed by atoms with Gasteiger partial charge in [0, 0.05) is 23.9 Å². The Morgan fingerprint density at radius 2 is 1.93 bits per heavy atom. The van der Waals surface area contributed by atoms with Crippen LogP contribution in [-0.4, -0.2) is 21.8 Å². The maximum atomic E-state index is 12.6. The molecule has 1 heterocycles. The number of pyridine rings is 1. The van der Waals surface area contributed by atoms with Gasteiger partial charge in [-0.1, -0.05) is 36.4 Å². The number of aromatic nitrogens is 1. The minimum atomic E-state index is -0.892. The lowest BCUT2D eigenvalue weighted by molar-refractivity contribution is -0.121. The number of carbonyl (C=O) groups excluding carboxylic acids is 1. The molecule has 1 N–H and O–H groups in total. The highest BCUT2D eigenvalue weighted by molar-refractivity contribution is 5.88. The van der Waals surface area contributed by atoms with E-state index in [2.05, 4.69) is 23.2 Å². The summed E-state index contributed by atoms with van der Waals surface area (Å²) in [6, 6.07) is 17.3. The third kappa shape index (κ3) is 4.37. The number of hydrogen-bond donors (Lipinski definition) is 1. The first-order valence-electron chi connectivity index (χ1n) is 10.3. The molecule has 29 heavy (non-hydrogen) atoms. The minimum absolute atomic E-state index is 0.0629. The van der Waals surface area contributed by atoms with E-state index in [1.807, 2.05) is 24.4 Å². The Bertz CT molecular complexity index is 1040. The molecule has 1 aliphatic rings. The summed E-state index contributed by atoms with van der Waals surface area (Å²) in [4.78, 5) is 28.3. The Morgan fingerprint density at radius 3 is 2.79 bits per heavy atom. The molecule has 4 nitrogen and oxygen atoms in total. The Morgan fingerprint density at radius 1 is 1.10 bits per heavy atom. The highest BCUT2D eigenvalue weighted by Crippen LogP contribution is 2.36. The Balaban J connectivity index is 1.42. The van der Waals surface area contributed by atoms with Gasteiger partial charge in [-0.3, -0.25) is 9.78 Å². The molecule has 1 fully saturated rings. The van der Waals surface area contributed by atoms with Crippen molar-refractivity contribution >= 4 is 22.7 Å². The number of para-hydroxylation sites is 1. The summed E-state index contributed by atoms with van der Waals surface area (Å²) in [6.45, 7) is 0. The van der Waals surface area contributed by atoms with E-state index in [9.17, 15) is 9.59 Å². The van der Waals surface area contributed by atoms with E-state index in [-0.39, 0.29) is 5.92 Å². The molecule has 0 amide bonds. The summed E-state index contributed by atoms with van der Waals surface area (Å²) in [6.07, 6.45) is 6.99. The first kappa shape index (κ1) is 19.3. The van der Waals surface area contributed by atoms with E-state index in [0.29, 0.717) is 23.7 Å². The number of rotatable bonds is 7. The second-order valence-corrected chi connectivity index (χ2v) is 7.97. The summed E-state index contributed by atoms with van der Waals surface area (Å²) in [5.74, 6) is -0.0649. The second-order valence-electron chi connectivity index (χ2n) is 7.97. The summed E-state index contributed by atoms with van der Waals surface area (Å²) in [5.41, 5.74) is 3.53. The number of aryl methyl sites for hydroxylation is 1. The van der Waals surface area contributed by atoms with Crippen molar-refractivity contribution in [2.45, 2.75) is 38.5 Å². The number of hydrogen-bond acceptors (Lipinski definition) is 3. The van der Waals surface area contributed by atoms with Gasteiger partial charge in [0.25, 0.3) is 0 Å². The van der Waals surface area contributed by atoms with Gasteiger partial charge < -0.3 is 5.11 Å². The van der Waals surface area contributed by atoms with Gasteiger partial charge in [0.05, 0.1) is 11.1 Å². The van der Waals surface area contributed by atoms with Crippen molar-refractivity contribution in [1.29, 1.82) is 0 Å². The quantitative estimate of drug-likeness (QED) is 0.613. The van der Waals surface area contributed by atoms with E-state index in [0.717, 1.165) is 54.1 Å². The van der Waals surface area contributed by atoms with E-state index < -0.39 is 5.97 Å². The average Bonchev–Trinajstić information content (AvgIpc) is 3.08. The van der Waals surface area contributed by atoms with Gasteiger partial charge in [0.15, 0.2) is 0 Å². The van der Waals surface area contributed by atoms with Crippen molar-refractivity contribution in [1.82, 2.24) is 4.98 Å². The van der Waals surface area contributed by atoms with Crippen molar-refractivity contribution in [2.75, 3.05) is 0 Å². The van der Waals surface area contributed by atoms with Crippen LogP contribution in [0, 0.1) is 11.8 Å². The van der Waals surface area contributed by atoms with Crippen LogP contribution < -0.4 is 0 Å². The molecule has 1 unspecified atom stereocenters. The van der Waals surface area contributed by atoms with Crippen molar-refractivity contribution < 1.29 is 14.7 Å². The fraction of sp³-hybridized carbons (Fsp3) is 0.320. The van der Waals surface area contributed by atoms with Crippen LogP contribution in [-0.2, 0) is 17.6 Å². The standard InChI is InChI=1S/C25H25NO3/c27-23-13-12-18(7-1-5-17-6-2-10-21(15-17)25(28)29)22(23)16-20-9-3-8-19-11-4-14-26-24(19)20/h2-4,6,8-11,14-15,18,22H,1,5,7,12-13,16H2,(H,28,29)/t18-,22?/m0/s1. The van der Waals surface area contributed by atoms with Gasteiger partial charge in [-0.05, 0) is 67.3 Å². The molecular weight excluding hydrogens is 362 g/mol. The van der Waals surface area contributed by atoms with Crippen LogP contribution in [0.4, 0.5) is 0 Å². The lowest BCUT2D eigenvalue weighted by Gasteiger charge is -2.19. The second kappa shape index (κ2) is 8.56. The maximum absolute atomic E-state index is 12.6. The molecule has 1 aromatic heterocycles. The van der Waals surface area contributed by atoms with Gasteiger partial charge in [-0.2, -0.15) is 0 Å². The molecule has 148 valence electrons. The minimum Gasteiger partial charge on any atom is -0.478 e. The molecule has 2 atom stereocenters. The third-order valence-electron chi connectivity index (χ3n) is 6.11. The van der Waals surface area contributed by atoms with Crippen LogP contribution >= 0.6 is 0 Å². The van der Waals surface area contributed by atoms with Crippen LogP contribution in [0.3, 0.4) is 0 Å². The lowest BCUT2D eigenvalue weighted by Crippen LogP contribution is -2.18. The molecule has 0 spiro atoms. The van der Waals surface area contributed by atoms with Gasteiger partial charge >= 0.3 is 5.97 Å². The average molecular weight is 387 g/mol. The molecule has 1 aliphatic carbocycles. The van der Waals surface area contributed by atoms with Gasteiger partial charge in [0.2, 0.25) is 0 Å². The summed E-state index contributed by atoms with van der Waals surface area (Å²) >= 11 is 0. The Hall–Kier alpha value is -3.01. The zero-order valence-corrected chi connectivity index (χ0v) is 16.4. The van der Waals surface area contributed by atoms with Crippen LogP contribution in [0.2, 0.25) is 0 Å². The maximum Gasteiger partial charge on any atom is 0.335 e. The highest BCUT2D eigenvalue weighted by Gasteiger charge is 2.34. The summed E-state index contributed by atoms with van der Waals surface area (Å²) in [7, 11) is 0. The van der Waals surface area contributed by atoms with E-state index >= 15 is 0 Å².